The maximum Gasteiger partial charge on any atom is 0.338 e. The molecule has 0 aliphatic rings. The average molecular weight is 272 g/mol. The van der Waals surface area contributed by atoms with Crippen LogP contribution in [0.5, 0.6) is 0 Å². The number of methoxy groups -OCH3 is 1. The summed E-state index contributed by atoms with van der Waals surface area (Å²) in [6, 6.07) is 14.0. The third kappa shape index (κ3) is 2.75. The Hall–Kier alpha value is -2.31. The summed E-state index contributed by atoms with van der Waals surface area (Å²) in [7, 11) is 1.31. The largest absolute Gasteiger partial charge is 0.465 e. The highest BCUT2D eigenvalue weighted by Gasteiger charge is 2.14. The fraction of sp³-hybridized carbons (Fsp3) is 0.0667. The van der Waals surface area contributed by atoms with Gasteiger partial charge < -0.3 is 4.74 Å². The van der Waals surface area contributed by atoms with Gasteiger partial charge >= 0.3 is 5.97 Å². The third-order valence-electron chi connectivity index (χ3n) is 2.71. The summed E-state index contributed by atoms with van der Waals surface area (Å²) in [6.07, 6.45) is 0. The molecule has 0 amide bonds. The molecule has 0 bridgehead atoms. The lowest BCUT2D eigenvalue weighted by Gasteiger charge is -2.08. The molecule has 2 rings (SSSR count). The predicted octanol–water partition coefficient (Wildman–Crippen LogP) is 3.67. The first-order valence-corrected chi connectivity index (χ1v) is 5.92. The SMILES string of the molecule is COC(=O)c1cc(C#N)ccc1-c1ccc(Cl)cc1. The van der Waals surface area contributed by atoms with Crippen LogP contribution in [0.25, 0.3) is 11.1 Å². The van der Waals surface area contributed by atoms with Gasteiger partial charge in [0.1, 0.15) is 0 Å². The molecule has 0 unspecified atom stereocenters. The number of esters is 1. The third-order valence-corrected chi connectivity index (χ3v) is 2.96. The molecule has 3 nitrogen and oxygen atoms in total. The van der Waals surface area contributed by atoms with Crippen molar-refractivity contribution in [3.8, 4) is 17.2 Å². The van der Waals surface area contributed by atoms with Gasteiger partial charge in [-0.1, -0.05) is 29.8 Å². The summed E-state index contributed by atoms with van der Waals surface area (Å²) >= 11 is 5.84. The average Bonchev–Trinajstić information content (AvgIpc) is 2.46. The minimum Gasteiger partial charge on any atom is -0.465 e. The topological polar surface area (TPSA) is 50.1 Å². The standard InChI is InChI=1S/C15H10ClNO2/c1-19-15(18)14-8-10(9-17)2-7-13(14)11-3-5-12(16)6-4-11/h2-8H,1H3. The molecule has 0 saturated carbocycles. The van der Waals surface area contributed by atoms with Gasteiger partial charge in [0.05, 0.1) is 24.3 Å². The normalized spacial score (nSPS) is 9.74. The predicted molar refractivity (Wildman–Crippen MR) is 72.9 cm³/mol. The van der Waals surface area contributed by atoms with E-state index >= 15 is 0 Å². The molecule has 0 aromatic heterocycles. The maximum atomic E-state index is 11.8. The lowest BCUT2D eigenvalue weighted by atomic mass is 9.98. The van der Waals surface area contributed by atoms with Gasteiger partial charge in [-0.05, 0) is 35.4 Å². The lowest BCUT2D eigenvalue weighted by molar-refractivity contribution is 0.0601. The number of carbonyl (C=O) groups excluding carboxylic acids is 1. The van der Waals surface area contributed by atoms with Crippen LogP contribution in [0.1, 0.15) is 15.9 Å². The van der Waals surface area contributed by atoms with E-state index < -0.39 is 5.97 Å². The summed E-state index contributed by atoms with van der Waals surface area (Å²) in [6.45, 7) is 0. The van der Waals surface area contributed by atoms with Crippen molar-refractivity contribution < 1.29 is 9.53 Å². The van der Waals surface area contributed by atoms with Gasteiger partial charge in [0.15, 0.2) is 0 Å². The Morgan fingerprint density at radius 2 is 1.89 bits per heavy atom. The summed E-state index contributed by atoms with van der Waals surface area (Å²) in [5.41, 5.74) is 2.33. The summed E-state index contributed by atoms with van der Waals surface area (Å²) in [5.74, 6) is -0.470. The molecule has 0 aliphatic heterocycles. The van der Waals surface area contributed by atoms with Crippen molar-refractivity contribution in [2.24, 2.45) is 0 Å². The van der Waals surface area contributed by atoms with E-state index in [0.717, 1.165) is 5.56 Å². The van der Waals surface area contributed by atoms with Gasteiger partial charge in [0.2, 0.25) is 0 Å². The number of rotatable bonds is 2. The van der Waals surface area contributed by atoms with Crippen molar-refractivity contribution in [2.75, 3.05) is 7.11 Å². The van der Waals surface area contributed by atoms with E-state index in [1.54, 1.807) is 24.3 Å². The quantitative estimate of drug-likeness (QED) is 0.783. The highest BCUT2D eigenvalue weighted by atomic mass is 35.5. The first-order valence-electron chi connectivity index (χ1n) is 5.54. The number of ether oxygens (including phenoxy) is 1. The lowest BCUT2D eigenvalue weighted by Crippen LogP contribution is -2.04. The number of benzene rings is 2. The maximum absolute atomic E-state index is 11.8. The number of nitriles is 1. The first-order chi connectivity index (χ1) is 9.15. The van der Waals surface area contributed by atoms with Crippen LogP contribution >= 0.6 is 11.6 Å². The Labute approximate surface area is 116 Å². The molecule has 0 atom stereocenters. The molecule has 0 N–H and O–H groups in total. The van der Waals surface area contributed by atoms with Gasteiger partial charge in [-0.15, -0.1) is 0 Å². The van der Waals surface area contributed by atoms with Crippen LogP contribution in [-0.2, 0) is 4.74 Å². The van der Waals surface area contributed by atoms with Crippen LogP contribution in [0.4, 0.5) is 0 Å². The van der Waals surface area contributed by atoms with E-state index in [1.165, 1.54) is 13.2 Å². The van der Waals surface area contributed by atoms with Gasteiger partial charge in [-0.2, -0.15) is 5.26 Å². The van der Waals surface area contributed by atoms with E-state index in [0.29, 0.717) is 21.7 Å². The molecule has 4 heteroatoms. The fourth-order valence-electron chi connectivity index (χ4n) is 1.77. The molecule has 94 valence electrons. The Morgan fingerprint density at radius 1 is 1.21 bits per heavy atom. The Bertz CT molecular complexity index is 657. The van der Waals surface area contributed by atoms with Gasteiger partial charge in [-0.25, -0.2) is 4.79 Å². The van der Waals surface area contributed by atoms with Crippen LogP contribution < -0.4 is 0 Å². The van der Waals surface area contributed by atoms with Gasteiger partial charge in [0, 0.05) is 5.02 Å². The molecule has 0 heterocycles. The Balaban J connectivity index is 2.59. The van der Waals surface area contributed by atoms with Crippen LogP contribution in [0.2, 0.25) is 5.02 Å². The zero-order chi connectivity index (χ0) is 13.8. The number of carbonyl (C=O) groups is 1. The molecular weight excluding hydrogens is 262 g/mol. The zero-order valence-electron chi connectivity index (χ0n) is 10.2. The summed E-state index contributed by atoms with van der Waals surface area (Å²) in [5, 5.41) is 9.52. The van der Waals surface area contributed by atoms with Gasteiger partial charge in [-0.3, -0.25) is 0 Å². The van der Waals surface area contributed by atoms with E-state index in [4.69, 9.17) is 21.6 Å². The Kier molecular flexibility index (Phi) is 3.84. The number of nitrogens with zero attached hydrogens (tertiary/aromatic N) is 1. The monoisotopic (exact) mass is 271 g/mol. The Morgan fingerprint density at radius 3 is 2.47 bits per heavy atom. The van der Waals surface area contributed by atoms with Crippen molar-refractivity contribution >= 4 is 17.6 Å². The molecule has 2 aromatic carbocycles. The number of halogens is 1. The minimum absolute atomic E-state index is 0.365. The molecule has 0 saturated heterocycles. The summed E-state index contributed by atoms with van der Waals surface area (Å²) < 4.78 is 4.75. The highest BCUT2D eigenvalue weighted by molar-refractivity contribution is 6.30. The second-order valence-electron chi connectivity index (χ2n) is 3.87. The minimum atomic E-state index is -0.470. The number of hydrogen-bond donors (Lipinski definition) is 0. The fourth-order valence-corrected chi connectivity index (χ4v) is 1.90. The molecule has 0 fully saturated rings. The number of hydrogen-bond acceptors (Lipinski definition) is 3. The van der Waals surface area contributed by atoms with Crippen molar-refractivity contribution in [1.29, 1.82) is 5.26 Å². The van der Waals surface area contributed by atoms with Crippen LogP contribution in [0, 0.1) is 11.3 Å². The summed E-state index contributed by atoms with van der Waals surface area (Å²) in [4.78, 5) is 11.8. The molecule has 0 spiro atoms. The van der Waals surface area contributed by atoms with Gasteiger partial charge in [0.25, 0.3) is 0 Å². The molecule has 0 aliphatic carbocycles. The second kappa shape index (κ2) is 5.55. The second-order valence-corrected chi connectivity index (χ2v) is 4.31. The van der Waals surface area contributed by atoms with E-state index in [1.807, 2.05) is 18.2 Å². The van der Waals surface area contributed by atoms with E-state index in [9.17, 15) is 4.79 Å². The molecule has 0 radical (unpaired) electrons. The zero-order valence-corrected chi connectivity index (χ0v) is 10.9. The van der Waals surface area contributed by atoms with Crippen molar-refractivity contribution in [1.82, 2.24) is 0 Å². The van der Waals surface area contributed by atoms with E-state index in [2.05, 4.69) is 0 Å². The highest BCUT2D eigenvalue weighted by Crippen LogP contribution is 2.26. The van der Waals surface area contributed by atoms with Crippen molar-refractivity contribution in [2.45, 2.75) is 0 Å². The molecule has 2 aromatic rings. The van der Waals surface area contributed by atoms with Crippen LogP contribution in [0.3, 0.4) is 0 Å². The molecular formula is C15H10ClNO2. The molecule has 19 heavy (non-hydrogen) atoms. The first kappa shape index (κ1) is 13.1. The van der Waals surface area contributed by atoms with Crippen LogP contribution in [0.15, 0.2) is 42.5 Å². The smallest absolute Gasteiger partial charge is 0.338 e. The van der Waals surface area contributed by atoms with E-state index in [-0.39, 0.29) is 0 Å². The van der Waals surface area contributed by atoms with Crippen molar-refractivity contribution in [3.05, 3.63) is 58.6 Å². The van der Waals surface area contributed by atoms with Crippen LogP contribution in [-0.4, -0.2) is 13.1 Å². The van der Waals surface area contributed by atoms with Crippen molar-refractivity contribution in [3.63, 3.8) is 0 Å².